The first-order valence-electron chi connectivity index (χ1n) is 8.96. The van der Waals surface area contributed by atoms with Gasteiger partial charge in [-0.25, -0.2) is 0 Å². The zero-order chi connectivity index (χ0) is 17.4. The van der Waals surface area contributed by atoms with Gasteiger partial charge in [-0.3, -0.25) is 19.2 Å². The van der Waals surface area contributed by atoms with Crippen LogP contribution in [-0.4, -0.2) is 27.6 Å². The molecule has 0 saturated heterocycles. The Morgan fingerprint density at radius 2 is 2.12 bits per heavy atom. The third-order valence-corrected chi connectivity index (χ3v) is 5.11. The van der Waals surface area contributed by atoms with Crippen LogP contribution < -0.4 is 10.2 Å². The lowest BCUT2D eigenvalue weighted by Gasteiger charge is -2.36. The van der Waals surface area contributed by atoms with Gasteiger partial charge in [0.05, 0.1) is 29.2 Å². The summed E-state index contributed by atoms with van der Waals surface area (Å²) in [5.41, 5.74) is 1.97. The number of carbonyl (C=O) groups excluding carboxylic acids is 2. The van der Waals surface area contributed by atoms with Gasteiger partial charge in [0, 0.05) is 6.20 Å². The molecule has 0 unspecified atom stereocenters. The number of benzene rings is 1. The lowest BCUT2D eigenvalue weighted by atomic mass is 9.93. The summed E-state index contributed by atoms with van der Waals surface area (Å²) in [7, 11) is 0. The predicted octanol–water partition coefficient (Wildman–Crippen LogP) is 3.38. The van der Waals surface area contributed by atoms with Crippen LogP contribution in [0.25, 0.3) is 0 Å². The number of hydrogen-bond donors (Lipinski definition) is 1. The molecule has 4 rings (SSSR count). The topological polar surface area (TPSA) is 67.2 Å². The Hall–Kier alpha value is -2.63. The number of aromatic nitrogens is 2. The van der Waals surface area contributed by atoms with Crippen molar-refractivity contribution in [2.24, 2.45) is 0 Å². The summed E-state index contributed by atoms with van der Waals surface area (Å²) in [6.07, 6.45) is 8.34. The second-order valence-corrected chi connectivity index (χ2v) is 6.78. The summed E-state index contributed by atoms with van der Waals surface area (Å²) >= 11 is 0. The minimum absolute atomic E-state index is 0.125. The highest BCUT2D eigenvalue weighted by Crippen LogP contribution is 2.35. The van der Waals surface area contributed by atoms with Gasteiger partial charge in [0.25, 0.3) is 5.91 Å². The van der Waals surface area contributed by atoms with Crippen molar-refractivity contribution in [1.82, 2.24) is 9.78 Å². The summed E-state index contributed by atoms with van der Waals surface area (Å²) in [4.78, 5) is 27.4. The van der Waals surface area contributed by atoms with E-state index in [-0.39, 0.29) is 11.8 Å². The number of carbonyl (C=O) groups is 2. The number of fused-ring (bicyclic) bond motifs is 1. The summed E-state index contributed by atoms with van der Waals surface area (Å²) < 4.78 is 1.89. The van der Waals surface area contributed by atoms with Crippen LogP contribution in [-0.2, 0) is 4.79 Å². The number of hydrogen-bond acceptors (Lipinski definition) is 3. The maximum Gasteiger partial charge on any atom is 0.262 e. The minimum Gasteiger partial charge on any atom is -0.322 e. The predicted molar refractivity (Wildman–Crippen MR) is 95.7 cm³/mol. The monoisotopic (exact) mass is 338 g/mol. The van der Waals surface area contributed by atoms with Crippen molar-refractivity contribution in [2.45, 2.75) is 51.1 Å². The maximum absolute atomic E-state index is 13.2. The Bertz CT molecular complexity index is 809. The van der Waals surface area contributed by atoms with Gasteiger partial charge in [0.2, 0.25) is 5.91 Å². The molecule has 1 atom stereocenters. The van der Waals surface area contributed by atoms with Gasteiger partial charge in [-0.05, 0) is 37.8 Å². The van der Waals surface area contributed by atoms with E-state index < -0.39 is 6.04 Å². The third kappa shape index (κ3) is 2.71. The van der Waals surface area contributed by atoms with E-state index in [9.17, 15) is 9.59 Å². The van der Waals surface area contributed by atoms with Crippen molar-refractivity contribution in [2.75, 3.05) is 10.2 Å². The van der Waals surface area contributed by atoms with Gasteiger partial charge < -0.3 is 5.32 Å². The maximum atomic E-state index is 13.2. The number of nitrogens with zero attached hydrogens (tertiary/aromatic N) is 3. The number of anilines is 2. The largest absolute Gasteiger partial charge is 0.322 e. The van der Waals surface area contributed by atoms with E-state index in [0.717, 1.165) is 24.9 Å². The standard InChI is InChI=1S/C19H22N4O2/c1-2-6-17-18(24)21-15-9-3-4-10-16(15)23(17)19(25)13-11-20-22(12-13)14-7-5-8-14/h3-4,9-12,14,17H,2,5-8H2,1H3,(H,21,24)/t17-/m0/s1. The molecule has 2 aliphatic rings. The highest BCUT2D eigenvalue weighted by Gasteiger charge is 2.37. The van der Waals surface area contributed by atoms with Crippen molar-refractivity contribution in [3.8, 4) is 0 Å². The molecule has 1 aromatic carbocycles. The number of rotatable bonds is 4. The zero-order valence-electron chi connectivity index (χ0n) is 14.3. The van der Waals surface area contributed by atoms with Crippen LogP contribution in [0.2, 0.25) is 0 Å². The Balaban J connectivity index is 1.70. The van der Waals surface area contributed by atoms with Gasteiger partial charge in [-0.15, -0.1) is 0 Å². The SMILES string of the molecule is CCC[C@H]1C(=O)Nc2ccccc2N1C(=O)c1cnn(C2CCC2)c1. The average Bonchev–Trinajstić information content (AvgIpc) is 3.03. The Kier molecular flexibility index (Phi) is 4.03. The molecule has 2 heterocycles. The summed E-state index contributed by atoms with van der Waals surface area (Å²) in [5.74, 6) is -0.286. The van der Waals surface area contributed by atoms with Crippen molar-refractivity contribution >= 4 is 23.2 Å². The van der Waals surface area contributed by atoms with E-state index in [2.05, 4.69) is 10.4 Å². The van der Waals surface area contributed by atoms with Crippen molar-refractivity contribution in [1.29, 1.82) is 0 Å². The van der Waals surface area contributed by atoms with Gasteiger partial charge in [0.15, 0.2) is 0 Å². The summed E-state index contributed by atoms with van der Waals surface area (Å²) in [6, 6.07) is 7.37. The van der Waals surface area contributed by atoms with Crippen LogP contribution in [0.1, 0.15) is 55.4 Å². The average molecular weight is 338 g/mol. The Morgan fingerprint density at radius 1 is 1.32 bits per heavy atom. The van der Waals surface area contributed by atoms with E-state index >= 15 is 0 Å². The first kappa shape index (κ1) is 15.9. The van der Waals surface area contributed by atoms with E-state index in [4.69, 9.17) is 0 Å². The minimum atomic E-state index is -0.487. The smallest absolute Gasteiger partial charge is 0.262 e. The number of amides is 2. The molecule has 1 saturated carbocycles. The van der Waals surface area contributed by atoms with E-state index in [0.29, 0.717) is 23.7 Å². The fraction of sp³-hybridized carbons (Fsp3) is 0.421. The molecule has 1 fully saturated rings. The second-order valence-electron chi connectivity index (χ2n) is 6.78. The third-order valence-electron chi connectivity index (χ3n) is 5.11. The second kappa shape index (κ2) is 6.35. The zero-order valence-corrected chi connectivity index (χ0v) is 14.3. The molecule has 25 heavy (non-hydrogen) atoms. The molecule has 130 valence electrons. The van der Waals surface area contributed by atoms with Crippen molar-refractivity contribution < 1.29 is 9.59 Å². The van der Waals surface area contributed by atoms with Gasteiger partial charge in [-0.2, -0.15) is 5.10 Å². The first-order chi connectivity index (χ1) is 12.2. The summed E-state index contributed by atoms with van der Waals surface area (Å²) in [5, 5.41) is 7.29. The highest BCUT2D eigenvalue weighted by molar-refractivity contribution is 6.16. The van der Waals surface area contributed by atoms with Crippen LogP contribution in [0.5, 0.6) is 0 Å². The summed E-state index contributed by atoms with van der Waals surface area (Å²) in [6.45, 7) is 2.02. The Morgan fingerprint density at radius 3 is 2.84 bits per heavy atom. The molecule has 1 N–H and O–H groups in total. The normalized spacial score (nSPS) is 20.0. The molecular weight excluding hydrogens is 316 g/mol. The molecule has 1 aliphatic heterocycles. The van der Waals surface area contributed by atoms with Gasteiger partial charge >= 0.3 is 0 Å². The van der Waals surface area contributed by atoms with Crippen LogP contribution in [0.15, 0.2) is 36.7 Å². The Labute approximate surface area is 146 Å². The number of para-hydroxylation sites is 2. The first-order valence-corrected chi connectivity index (χ1v) is 8.96. The van der Waals surface area contributed by atoms with Crippen LogP contribution in [0.4, 0.5) is 11.4 Å². The lowest BCUT2D eigenvalue weighted by Crippen LogP contribution is -2.51. The van der Waals surface area contributed by atoms with E-state index in [1.807, 2.05) is 42.1 Å². The molecule has 6 nitrogen and oxygen atoms in total. The quantitative estimate of drug-likeness (QED) is 0.929. The van der Waals surface area contributed by atoms with Crippen molar-refractivity contribution in [3.05, 3.63) is 42.2 Å². The molecule has 1 aromatic heterocycles. The molecule has 6 heteroatoms. The fourth-order valence-corrected chi connectivity index (χ4v) is 3.51. The molecule has 2 aromatic rings. The molecule has 1 aliphatic carbocycles. The van der Waals surface area contributed by atoms with E-state index in [1.54, 1.807) is 11.1 Å². The molecule has 0 bridgehead atoms. The van der Waals surface area contributed by atoms with Gasteiger partial charge in [-0.1, -0.05) is 25.5 Å². The lowest BCUT2D eigenvalue weighted by molar-refractivity contribution is -0.117. The van der Waals surface area contributed by atoms with Crippen molar-refractivity contribution in [3.63, 3.8) is 0 Å². The highest BCUT2D eigenvalue weighted by atomic mass is 16.2. The number of nitrogens with one attached hydrogen (secondary N) is 1. The molecule has 0 radical (unpaired) electrons. The molecule has 2 amide bonds. The van der Waals surface area contributed by atoms with E-state index in [1.165, 1.54) is 6.42 Å². The molecule has 0 spiro atoms. The molecular formula is C19H22N4O2. The fourth-order valence-electron chi connectivity index (χ4n) is 3.51. The van der Waals surface area contributed by atoms with Gasteiger partial charge in [0.1, 0.15) is 6.04 Å². The van der Waals surface area contributed by atoms with Crippen LogP contribution >= 0.6 is 0 Å². The van der Waals surface area contributed by atoms with Crippen LogP contribution in [0, 0.1) is 0 Å². The van der Waals surface area contributed by atoms with Crippen LogP contribution in [0.3, 0.4) is 0 Å².